The number of anilines is 1. The third kappa shape index (κ3) is 3.11. The van der Waals surface area contributed by atoms with E-state index < -0.39 is 23.2 Å². The Hall–Kier alpha value is -3.95. The van der Waals surface area contributed by atoms with E-state index in [-0.39, 0.29) is 5.69 Å². The van der Waals surface area contributed by atoms with Gasteiger partial charge in [-0.05, 0) is 53.1 Å². The molecule has 150 valence electrons. The van der Waals surface area contributed by atoms with Crippen LogP contribution in [-0.2, 0) is 12.8 Å². The molecule has 0 unspecified atom stereocenters. The maximum absolute atomic E-state index is 13.9. The number of hydrogen-bond donors (Lipinski definition) is 1. The van der Waals surface area contributed by atoms with Crippen molar-refractivity contribution >= 4 is 11.6 Å². The smallest absolute Gasteiger partial charge is 0.276 e. The zero-order chi connectivity index (χ0) is 20.7. The lowest BCUT2D eigenvalue weighted by Gasteiger charge is -2.11. The lowest BCUT2D eigenvalue weighted by Crippen LogP contribution is -2.15. The van der Waals surface area contributed by atoms with Crippen LogP contribution in [0.25, 0.3) is 11.4 Å². The molecule has 0 saturated carbocycles. The van der Waals surface area contributed by atoms with E-state index in [2.05, 4.69) is 25.8 Å². The summed E-state index contributed by atoms with van der Waals surface area (Å²) in [5, 5.41) is 13.5. The van der Waals surface area contributed by atoms with Crippen LogP contribution in [-0.4, -0.2) is 35.7 Å². The van der Waals surface area contributed by atoms with Crippen LogP contribution in [0.1, 0.15) is 28.3 Å². The number of carbonyl (C=O) groups is 1. The Morgan fingerprint density at radius 2 is 1.93 bits per heavy atom. The van der Waals surface area contributed by atoms with Crippen LogP contribution in [0.4, 0.5) is 14.5 Å². The summed E-state index contributed by atoms with van der Waals surface area (Å²) in [4.78, 5) is 17.1. The minimum atomic E-state index is -0.847. The number of fused-ring (bicyclic) bond motifs is 3. The predicted octanol–water partition coefficient (Wildman–Crippen LogP) is 2.87. The molecule has 10 heteroatoms. The summed E-state index contributed by atoms with van der Waals surface area (Å²) in [6.07, 6.45) is 5.45. The molecule has 5 rings (SSSR count). The number of aryl methyl sites for hydroxylation is 2. The number of aromatic nitrogens is 6. The van der Waals surface area contributed by atoms with Crippen molar-refractivity contribution in [2.75, 3.05) is 5.32 Å². The van der Waals surface area contributed by atoms with Crippen LogP contribution in [0.15, 0.2) is 48.9 Å². The molecule has 1 aliphatic heterocycles. The van der Waals surface area contributed by atoms with Gasteiger partial charge < -0.3 is 9.88 Å². The lowest BCUT2D eigenvalue weighted by atomic mass is 10.1. The van der Waals surface area contributed by atoms with Crippen LogP contribution < -0.4 is 5.32 Å². The SMILES string of the molecule is O=C(Nc1c(F)cccc1F)c1cn2c(n1)CCCc1ccc(-n3cnnn3)cc1-2. The van der Waals surface area contributed by atoms with E-state index in [1.165, 1.54) is 17.1 Å². The number of para-hydroxylation sites is 1. The Kier molecular flexibility index (Phi) is 4.31. The molecule has 0 saturated heterocycles. The van der Waals surface area contributed by atoms with Crippen molar-refractivity contribution in [3.05, 3.63) is 77.6 Å². The number of amides is 1. The summed E-state index contributed by atoms with van der Waals surface area (Å²) < 4.78 is 31.1. The summed E-state index contributed by atoms with van der Waals surface area (Å²) in [6.45, 7) is 0. The second-order valence-corrected chi connectivity index (χ2v) is 6.88. The van der Waals surface area contributed by atoms with Gasteiger partial charge in [0, 0.05) is 12.6 Å². The maximum Gasteiger partial charge on any atom is 0.276 e. The highest BCUT2D eigenvalue weighted by atomic mass is 19.1. The first-order valence-electron chi connectivity index (χ1n) is 9.30. The highest BCUT2D eigenvalue weighted by Gasteiger charge is 2.22. The second kappa shape index (κ2) is 7.14. The minimum Gasteiger partial charge on any atom is -0.316 e. The first kappa shape index (κ1) is 18.1. The van der Waals surface area contributed by atoms with E-state index in [1.54, 1.807) is 6.20 Å². The van der Waals surface area contributed by atoms with Gasteiger partial charge in [0.05, 0.1) is 11.4 Å². The number of halogens is 2. The van der Waals surface area contributed by atoms with Crippen molar-refractivity contribution in [2.24, 2.45) is 0 Å². The summed E-state index contributed by atoms with van der Waals surface area (Å²) in [5.74, 6) is -1.68. The molecule has 8 nitrogen and oxygen atoms in total. The average Bonchev–Trinajstić information content (AvgIpc) is 3.39. The number of hydrogen-bond acceptors (Lipinski definition) is 5. The third-order valence-electron chi connectivity index (χ3n) is 5.00. The Morgan fingerprint density at radius 1 is 1.10 bits per heavy atom. The van der Waals surface area contributed by atoms with Crippen LogP contribution in [0.2, 0.25) is 0 Å². The van der Waals surface area contributed by atoms with Crippen LogP contribution >= 0.6 is 0 Å². The quantitative estimate of drug-likeness (QED) is 0.564. The molecule has 0 aliphatic carbocycles. The Bertz CT molecular complexity index is 1230. The third-order valence-corrected chi connectivity index (χ3v) is 5.00. The monoisotopic (exact) mass is 407 g/mol. The number of nitrogens with one attached hydrogen (secondary N) is 1. The van der Waals surface area contributed by atoms with Gasteiger partial charge in [0.1, 0.15) is 35.2 Å². The van der Waals surface area contributed by atoms with Gasteiger partial charge >= 0.3 is 0 Å². The van der Waals surface area contributed by atoms with Crippen molar-refractivity contribution in [3.63, 3.8) is 0 Å². The van der Waals surface area contributed by atoms with Crippen LogP contribution in [0, 0.1) is 11.6 Å². The number of imidazole rings is 1. The molecule has 0 spiro atoms. The number of rotatable bonds is 3. The van der Waals surface area contributed by atoms with E-state index in [1.807, 2.05) is 22.8 Å². The van der Waals surface area contributed by atoms with Crippen LogP contribution in [0.5, 0.6) is 0 Å². The molecule has 1 amide bonds. The first-order valence-corrected chi connectivity index (χ1v) is 9.30. The molecule has 4 aromatic rings. The molecule has 30 heavy (non-hydrogen) atoms. The van der Waals surface area contributed by atoms with Crippen molar-refractivity contribution in [2.45, 2.75) is 19.3 Å². The zero-order valence-corrected chi connectivity index (χ0v) is 15.6. The molecular weight excluding hydrogens is 392 g/mol. The summed E-state index contributed by atoms with van der Waals surface area (Å²) in [6, 6.07) is 9.23. The normalized spacial score (nSPS) is 12.7. The largest absolute Gasteiger partial charge is 0.316 e. The molecule has 1 aliphatic rings. The highest BCUT2D eigenvalue weighted by Crippen LogP contribution is 2.27. The fraction of sp³-hybridized carbons (Fsp3) is 0.150. The number of carbonyl (C=O) groups excluding carboxylic acids is 1. The molecular formula is C20H15F2N7O. The fourth-order valence-electron chi connectivity index (χ4n) is 3.55. The molecule has 3 heterocycles. The van der Waals surface area contributed by atoms with Crippen molar-refractivity contribution in [1.29, 1.82) is 0 Å². The van der Waals surface area contributed by atoms with Gasteiger partial charge in [-0.1, -0.05) is 12.1 Å². The molecule has 0 bridgehead atoms. The Morgan fingerprint density at radius 3 is 2.70 bits per heavy atom. The number of benzene rings is 2. The van der Waals surface area contributed by atoms with Crippen LogP contribution in [0.3, 0.4) is 0 Å². The van der Waals surface area contributed by atoms with Crippen molar-refractivity contribution in [1.82, 2.24) is 29.8 Å². The second-order valence-electron chi connectivity index (χ2n) is 6.88. The fourth-order valence-corrected chi connectivity index (χ4v) is 3.55. The lowest BCUT2D eigenvalue weighted by molar-refractivity contribution is 0.102. The molecule has 0 atom stereocenters. The topological polar surface area (TPSA) is 90.5 Å². The van der Waals surface area contributed by atoms with E-state index in [9.17, 15) is 13.6 Å². The predicted molar refractivity (Wildman–Crippen MR) is 103 cm³/mol. The summed E-state index contributed by atoms with van der Waals surface area (Å²) in [5.41, 5.74) is 2.30. The molecule has 2 aromatic carbocycles. The van der Waals surface area contributed by atoms with Gasteiger partial charge in [0.25, 0.3) is 5.91 Å². The van der Waals surface area contributed by atoms with Gasteiger partial charge in [-0.3, -0.25) is 4.79 Å². The van der Waals surface area contributed by atoms with E-state index in [4.69, 9.17) is 0 Å². The van der Waals surface area contributed by atoms with Crippen molar-refractivity contribution < 1.29 is 13.6 Å². The minimum absolute atomic E-state index is 0.0772. The van der Waals surface area contributed by atoms with E-state index >= 15 is 0 Å². The van der Waals surface area contributed by atoms with Gasteiger partial charge in [-0.15, -0.1) is 5.10 Å². The number of tetrazole rings is 1. The summed E-state index contributed by atoms with van der Waals surface area (Å²) in [7, 11) is 0. The van der Waals surface area contributed by atoms with Crippen molar-refractivity contribution in [3.8, 4) is 11.4 Å². The molecule has 2 aromatic heterocycles. The molecule has 1 N–H and O–H groups in total. The highest BCUT2D eigenvalue weighted by molar-refractivity contribution is 6.03. The van der Waals surface area contributed by atoms with Gasteiger partial charge in [0.15, 0.2) is 0 Å². The first-order chi connectivity index (χ1) is 14.6. The van der Waals surface area contributed by atoms with E-state index in [0.717, 1.165) is 41.9 Å². The molecule has 0 radical (unpaired) electrons. The van der Waals surface area contributed by atoms with E-state index in [0.29, 0.717) is 12.2 Å². The average molecular weight is 407 g/mol. The van der Waals surface area contributed by atoms with Gasteiger partial charge in [-0.2, -0.15) is 0 Å². The zero-order valence-electron chi connectivity index (χ0n) is 15.6. The maximum atomic E-state index is 13.9. The summed E-state index contributed by atoms with van der Waals surface area (Å²) >= 11 is 0. The Balaban J connectivity index is 1.53. The molecule has 0 fully saturated rings. The standard InChI is InChI=1S/C20H15F2N7O/c21-14-4-2-5-15(22)19(14)25-20(30)16-10-28-17-9-13(29-11-23-26-27-29)8-7-12(17)3-1-6-18(28)24-16/h2,4-5,7-11H,1,3,6H2,(H,25,30). The van der Waals surface area contributed by atoms with Gasteiger partial charge in [-0.25, -0.2) is 18.4 Å². The van der Waals surface area contributed by atoms with Gasteiger partial charge in [0.2, 0.25) is 0 Å². The number of nitrogens with zero attached hydrogens (tertiary/aromatic N) is 6. The Labute approximate surface area is 169 Å².